The molecule has 0 bridgehead atoms. The van der Waals surface area contributed by atoms with Gasteiger partial charge in [-0.05, 0) is 18.2 Å². The molecular weight excluding hydrogens is 299 g/mol. The predicted molar refractivity (Wildman–Crippen MR) is 72.7 cm³/mol. The maximum absolute atomic E-state index is 13.8. The van der Waals surface area contributed by atoms with E-state index in [2.05, 4.69) is 19.8 Å². The number of benzene rings is 1. The van der Waals surface area contributed by atoms with Crippen LogP contribution in [0.5, 0.6) is 5.75 Å². The van der Waals surface area contributed by atoms with Crippen LogP contribution >= 0.6 is 0 Å². The van der Waals surface area contributed by atoms with E-state index in [-0.39, 0.29) is 5.82 Å². The molecule has 0 aliphatic rings. The van der Waals surface area contributed by atoms with E-state index in [9.17, 15) is 13.2 Å². The van der Waals surface area contributed by atoms with Gasteiger partial charge in [0.15, 0.2) is 17.2 Å². The number of rotatable bonds is 3. The Hall–Kier alpha value is -2.84. The number of anilines is 1. The van der Waals surface area contributed by atoms with E-state index >= 15 is 0 Å². The van der Waals surface area contributed by atoms with Crippen LogP contribution in [0.1, 0.15) is 0 Å². The molecule has 3 aromatic rings. The minimum absolute atomic E-state index is 0.196. The van der Waals surface area contributed by atoms with E-state index < -0.39 is 18.2 Å². The van der Waals surface area contributed by atoms with Crippen molar-refractivity contribution in [2.75, 3.05) is 5.73 Å². The van der Waals surface area contributed by atoms with Gasteiger partial charge in [-0.3, -0.25) is 0 Å². The van der Waals surface area contributed by atoms with Crippen molar-refractivity contribution in [1.29, 1.82) is 0 Å². The van der Waals surface area contributed by atoms with Crippen LogP contribution in [0.4, 0.5) is 19.0 Å². The lowest BCUT2D eigenvalue weighted by Crippen LogP contribution is -2.03. The number of nitrogens with zero attached hydrogens (tertiary/aromatic N) is 4. The molecule has 0 atom stereocenters. The van der Waals surface area contributed by atoms with E-state index in [0.717, 1.165) is 12.1 Å². The van der Waals surface area contributed by atoms with Gasteiger partial charge in [-0.1, -0.05) is 0 Å². The standard InChI is InChI=1S/C13H10F3N5O/c1-21-12-9(11(17)18-5-19-12)10(20-21)6-2-3-8(7(14)4-6)22-13(15)16/h2-5,13H,1H3,(H2,17,18,19). The van der Waals surface area contributed by atoms with E-state index in [4.69, 9.17) is 5.73 Å². The maximum Gasteiger partial charge on any atom is 0.387 e. The Morgan fingerprint density at radius 2 is 2.05 bits per heavy atom. The molecule has 0 amide bonds. The molecule has 2 aromatic heterocycles. The molecule has 1 aromatic carbocycles. The molecule has 2 N–H and O–H groups in total. The zero-order valence-electron chi connectivity index (χ0n) is 11.3. The second-order valence-electron chi connectivity index (χ2n) is 4.45. The number of hydrogen-bond acceptors (Lipinski definition) is 5. The quantitative estimate of drug-likeness (QED) is 0.803. The van der Waals surface area contributed by atoms with Crippen LogP contribution in [0.3, 0.4) is 0 Å². The van der Waals surface area contributed by atoms with Gasteiger partial charge in [-0.25, -0.2) is 19.0 Å². The summed E-state index contributed by atoms with van der Waals surface area (Å²) >= 11 is 0. The predicted octanol–water partition coefficient (Wildman–Crippen LogP) is 2.35. The molecule has 114 valence electrons. The number of aromatic nitrogens is 4. The molecule has 0 unspecified atom stereocenters. The van der Waals surface area contributed by atoms with Crippen molar-refractivity contribution in [2.24, 2.45) is 7.05 Å². The van der Waals surface area contributed by atoms with Gasteiger partial charge < -0.3 is 10.5 Å². The Bertz CT molecular complexity index is 849. The Labute approximate surface area is 122 Å². The van der Waals surface area contributed by atoms with Crippen LogP contribution in [0.15, 0.2) is 24.5 Å². The minimum atomic E-state index is -3.10. The van der Waals surface area contributed by atoms with Gasteiger partial charge >= 0.3 is 6.61 Å². The average Bonchev–Trinajstić information content (AvgIpc) is 2.80. The number of ether oxygens (including phenoxy) is 1. The van der Waals surface area contributed by atoms with E-state index in [1.54, 1.807) is 7.05 Å². The molecule has 0 fully saturated rings. The summed E-state index contributed by atoms with van der Waals surface area (Å²) in [4.78, 5) is 7.94. The molecule has 0 aliphatic carbocycles. The average molecular weight is 309 g/mol. The van der Waals surface area contributed by atoms with Crippen molar-refractivity contribution in [3.8, 4) is 17.0 Å². The summed E-state index contributed by atoms with van der Waals surface area (Å²) < 4.78 is 43.7. The second kappa shape index (κ2) is 5.17. The SMILES string of the molecule is Cn1nc(-c2ccc(OC(F)F)c(F)c2)c2c(N)ncnc21. The fourth-order valence-corrected chi connectivity index (χ4v) is 2.15. The Kier molecular flexibility index (Phi) is 3.32. The first-order valence-corrected chi connectivity index (χ1v) is 6.15. The first-order chi connectivity index (χ1) is 10.5. The molecule has 0 saturated carbocycles. The van der Waals surface area contributed by atoms with Gasteiger partial charge in [0.2, 0.25) is 0 Å². The summed E-state index contributed by atoms with van der Waals surface area (Å²) in [5.74, 6) is -1.27. The fourth-order valence-electron chi connectivity index (χ4n) is 2.15. The summed E-state index contributed by atoms with van der Waals surface area (Å²) in [6.07, 6.45) is 1.29. The zero-order valence-corrected chi connectivity index (χ0v) is 11.3. The molecular formula is C13H10F3N5O. The zero-order chi connectivity index (χ0) is 15.9. The van der Waals surface area contributed by atoms with Crippen molar-refractivity contribution >= 4 is 16.9 Å². The first kappa shape index (κ1) is 14.1. The number of alkyl halides is 2. The minimum Gasteiger partial charge on any atom is -0.432 e. The van der Waals surface area contributed by atoms with Gasteiger partial charge in [-0.2, -0.15) is 13.9 Å². The Balaban J connectivity index is 2.14. The van der Waals surface area contributed by atoms with Gasteiger partial charge in [0.25, 0.3) is 0 Å². The second-order valence-corrected chi connectivity index (χ2v) is 4.45. The number of nitrogen functional groups attached to an aromatic ring is 1. The van der Waals surface area contributed by atoms with E-state index in [0.29, 0.717) is 22.3 Å². The summed E-state index contributed by atoms with van der Waals surface area (Å²) in [6.45, 7) is -3.10. The molecule has 6 nitrogen and oxygen atoms in total. The van der Waals surface area contributed by atoms with Crippen molar-refractivity contribution in [3.05, 3.63) is 30.3 Å². The lowest BCUT2D eigenvalue weighted by Gasteiger charge is -2.06. The third-order valence-electron chi connectivity index (χ3n) is 3.07. The largest absolute Gasteiger partial charge is 0.432 e. The number of halogens is 3. The summed E-state index contributed by atoms with van der Waals surface area (Å²) in [7, 11) is 1.66. The topological polar surface area (TPSA) is 78.9 Å². The number of aryl methyl sites for hydroxylation is 1. The Morgan fingerprint density at radius 1 is 1.27 bits per heavy atom. The normalized spacial score (nSPS) is 11.3. The van der Waals surface area contributed by atoms with E-state index in [1.165, 1.54) is 17.1 Å². The maximum atomic E-state index is 13.8. The summed E-state index contributed by atoms with van der Waals surface area (Å²) in [5, 5.41) is 4.70. The van der Waals surface area contributed by atoms with E-state index in [1.807, 2.05) is 0 Å². The first-order valence-electron chi connectivity index (χ1n) is 6.15. The van der Waals surface area contributed by atoms with Crippen LogP contribution in [0.2, 0.25) is 0 Å². The van der Waals surface area contributed by atoms with Gasteiger partial charge in [0.1, 0.15) is 17.8 Å². The lowest BCUT2D eigenvalue weighted by molar-refractivity contribution is -0.0521. The van der Waals surface area contributed by atoms with Crippen molar-refractivity contribution in [2.45, 2.75) is 6.61 Å². The molecule has 22 heavy (non-hydrogen) atoms. The molecule has 0 radical (unpaired) electrons. The lowest BCUT2D eigenvalue weighted by atomic mass is 10.1. The third-order valence-corrected chi connectivity index (χ3v) is 3.07. The highest BCUT2D eigenvalue weighted by molar-refractivity contribution is 5.98. The van der Waals surface area contributed by atoms with Gasteiger partial charge in [-0.15, -0.1) is 0 Å². The Morgan fingerprint density at radius 3 is 2.73 bits per heavy atom. The van der Waals surface area contributed by atoms with Crippen LogP contribution in [-0.2, 0) is 7.05 Å². The fraction of sp³-hybridized carbons (Fsp3) is 0.154. The summed E-state index contributed by atoms with van der Waals surface area (Å²) in [6, 6.07) is 3.57. The molecule has 9 heteroatoms. The van der Waals surface area contributed by atoms with Gasteiger partial charge in [0, 0.05) is 12.6 Å². The third kappa shape index (κ3) is 2.30. The molecule has 2 heterocycles. The van der Waals surface area contributed by atoms with Crippen LogP contribution in [0, 0.1) is 5.82 Å². The number of fused-ring (bicyclic) bond motifs is 1. The van der Waals surface area contributed by atoms with Crippen LogP contribution in [-0.4, -0.2) is 26.4 Å². The summed E-state index contributed by atoms with van der Waals surface area (Å²) in [5.41, 5.74) is 7.01. The van der Waals surface area contributed by atoms with Crippen LogP contribution < -0.4 is 10.5 Å². The molecule has 0 spiro atoms. The highest BCUT2D eigenvalue weighted by Gasteiger charge is 2.17. The highest BCUT2D eigenvalue weighted by Crippen LogP contribution is 2.32. The molecule has 3 rings (SSSR count). The highest BCUT2D eigenvalue weighted by atomic mass is 19.3. The number of nitrogens with two attached hydrogens (primary N) is 1. The van der Waals surface area contributed by atoms with Crippen molar-refractivity contribution < 1.29 is 17.9 Å². The van der Waals surface area contributed by atoms with Crippen molar-refractivity contribution in [3.63, 3.8) is 0 Å². The smallest absolute Gasteiger partial charge is 0.387 e. The van der Waals surface area contributed by atoms with Gasteiger partial charge in [0.05, 0.1) is 5.39 Å². The molecule has 0 aliphatic heterocycles. The van der Waals surface area contributed by atoms with Crippen molar-refractivity contribution in [1.82, 2.24) is 19.7 Å². The monoisotopic (exact) mass is 309 g/mol. The van der Waals surface area contributed by atoms with Crippen LogP contribution in [0.25, 0.3) is 22.3 Å². The number of hydrogen-bond donors (Lipinski definition) is 1. The molecule has 0 saturated heterocycles.